The fraction of sp³-hybridized carbons (Fsp3) is 0.846. The third-order valence-electron chi connectivity index (χ3n) is 4.48. The summed E-state index contributed by atoms with van der Waals surface area (Å²) in [7, 11) is 0. The van der Waals surface area contributed by atoms with Crippen LogP contribution in [0.4, 0.5) is 0 Å². The maximum atomic E-state index is 11.8. The van der Waals surface area contributed by atoms with Gasteiger partial charge in [-0.3, -0.25) is 19.4 Å². The summed E-state index contributed by atoms with van der Waals surface area (Å²) in [5.74, 6) is 0.125. The molecule has 4 heteroatoms. The molecule has 0 aromatic heterocycles. The topological polar surface area (TPSA) is 40.6 Å². The summed E-state index contributed by atoms with van der Waals surface area (Å²) in [4.78, 5) is 27.8. The minimum absolute atomic E-state index is 0.0624. The van der Waals surface area contributed by atoms with Crippen LogP contribution >= 0.6 is 0 Å². The number of rotatable bonds is 1. The van der Waals surface area contributed by atoms with Gasteiger partial charge in [0.2, 0.25) is 11.8 Å². The highest BCUT2D eigenvalue weighted by Gasteiger charge is 2.42. The smallest absolute Gasteiger partial charge is 0.229 e. The zero-order valence-electron chi connectivity index (χ0n) is 10.2. The molecule has 0 aromatic rings. The summed E-state index contributed by atoms with van der Waals surface area (Å²) in [5.41, 5.74) is 0. The molecule has 3 aliphatic heterocycles. The number of imide groups is 1. The van der Waals surface area contributed by atoms with Crippen LogP contribution in [0.25, 0.3) is 0 Å². The van der Waals surface area contributed by atoms with Crippen LogP contribution in [0.3, 0.4) is 0 Å². The third kappa shape index (κ3) is 1.88. The van der Waals surface area contributed by atoms with Crippen LogP contribution in [0.15, 0.2) is 0 Å². The van der Waals surface area contributed by atoms with Crippen molar-refractivity contribution in [3.05, 3.63) is 0 Å². The SMILES string of the molecule is O=C1CCC(=O)N1C1CCCN2CCCCC12. The summed E-state index contributed by atoms with van der Waals surface area (Å²) >= 11 is 0. The van der Waals surface area contributed by atoms with Gasteiger partial charge in [-0.25, -0.2) is 0 Å². The summed E-state index contributed by atoms with van der Waals surface area (Å²) < 4.78 is 0. The lowest BCUT2D eigenvalue weighted by atomic mass is 9.88. The van der Waals surface area contributed by atoms with Gasteiger partial charge in [-0.15, -0.1) is 0 Å². The predicted octanol–water partition coefficient (Wildman–Crippen LogP) is 1.15. The molecule has 0 aromatic carbocycles. The molecule has 0 bridgehead atoms. The number of fused-ring (bicyclic) bond motifs is 1. The molecule has 3 saturated heterocycles. The van der Waals surface area contributed by atoms with E-state index in [1.165, 1.54) is 12.8 Å². The fourth-order valence-corrected chi connectivity index (χ4v) is 3.69. The Bertz CT molecular complexity index is 324. The molecule has 3 rings (SSSR count). The standard InChI is InChI=1S/C13H20N2O2/c16-12-6-7-13(17)15(12)11-5-3-9-14-8-2-1-4-10(11)14/h10-11H,1-9H2. The fourth-order valence-electron chi connectivity index (χ4n) is 3.69. The molecule has 2 unspecified atom stereocenters. The first-order chi connectivity index (χ1) is 8.27. The van der Waals surface area contributed by atoms with Crippen LogP contribution in [-0.2, 0) is 9.59 Å². The second-order valence-electron chi connectivity index (χ2n) is 5.47. The zero-order valence-corrected chi connectivity index (χ0v) is 10.2. The van der Waals surface area contributed by atoms with Crippen LogP contribution in [0.2, 0.25) is 0 Å². The maximum Gasteiger partial charge on any atom is 0.229 e. The molecule has 0 aliphatic carbocycles. The Morgan fingerprint density at radius 1 is 0.824 bits per heavy atom. The number of nitrogens with zero attached hydrogens (tertiary/aromatic N) is 2. The predicted molar refractivity (Wildman–Crippen MR) is 63.3 cm³/mol. The highest BCUT2D eigenvalue weighted by molar-refractivity contribution is 6.02. The van der Waals surface area contributed by atoms with Crippen molar-refractivity contribution in [1.82, 2.24) is 9.80 Å². The molecule has 94 valence electrons. The Morgan fingerprint density at radius 3 is 2.24 bits per heavy atom. The molecule has 3 heterocycles. The van der Waals surface area contributed by atoms with Crippen LogP contribution in [0.5, 0.6) is 0 Å². The first-order valence-electron chi connectivity index (χ1n) is 6.86. The molecule has 3 aliphatic rings. The van der Waals surface area contributed by atoms with E-state index in [9.17, 15) is 9.59 Å². The first-order valence-corrected chi connectivity index (χ1v) is 6.86. The molecule has 3 fully saturated rings. The Morgan fingerprint density at radius 2 is 1.47 bits per heavy atom. The van der Waals surface area contributed by atoms with Crippen molar-refractivity contribution in [2.45, 2.75) is 57.0 Å². The molecule has 2 amide bonds. The largest absolute Gasteiger partial charge is 0.298 e. The minimum Gasteiger partial charge on any atom is -0.298 e. The van der Waals surface area contributed by atoms with Crippen molar-refractivity contribution in [3.63, 3.8) is 0 Å². The van der Waals surface area contributed by atoms with Gasteiger partial charge in [0.25, 0.3) is 0 Å². The molecule has 17 heavy (non-hydrogen) atoms. The second-order valence-corrected chi connectivity index (χ2v) is 5.47. The number of carbonyl (C=O) groups excluding carboxylic acids is 2. The molecular weight excluding hydrogens is 216 g/mol. The average molecular weight is 236 g/mol. The van der Waals surface area contributed by atoms with E-state index < -0.39 is 0 Å². The molecular formula is C13H20N2O2. The van der Waals surface area contributed by atoms with Crippen molar-refractivity contribution in [2.24, 2.45) is 0 Å². The summed E-state index contributed by atoms with van der Waals surface area (Å²) in [6.07, 6.45) is 6.67. The van der Waals surface area contributed by atoms with Gasteiger partial charge in [-0.1, -0.05) is 6.42 Å². The van der Waals surface area contributed by atoms with Gasteiger partial charge in [-0.05, 0) is 38.8 Å². The van der Waals surface area contributed by atoms with Gasteiger partial charge in [-0.2, -0.15) is 0 Å². The molecule has 0 radical (unpaired) electrons. The lowest BCUT2D eigenvalue weighted by molar-refractivity contribution is -0.144. The van der Waals surface area contributed by atoms with E-state index in [1.807, 2.05) is 0 Å². The van der Waals surface area contributed by atoms with Crippen LogP contribution in [-0.4, -0.2) is 46.8 Å². The number of amides is 2. The van der Waals surface area contributed by atoms with Crippen LogP contribution in [0, 0.1) is 0 Å². The van der Waals surface area contributed by atoms with Gasteiger partial charge < -0.3 is 0 Å². The first kappa shape index (κ1) is 11.2. The lowest BCUT2D eigenvalue weighted by Gasteiger charge is -2.46. The van der Waals surface area contributed by atoms with Gasteiger partial charge in [0.15, 0.2) is 0 Å². The van der Waals surface area contributed by atoms with Crippen molar-refractivity contribution < 1.29 is 9.59 Å². The lowest BCUT2D eigenvalue weighted by Crippen LogP contribution is -2.58. The average Bonchev–Trinajstić information content (AvgIpc) is 2.69. The van der Waals surface area contributed by atoms with E-state index in [0.29, 0.717) is 18.9 Å². The van der Waals surface area contributed by atoms with E-state index in [-0.39, 0.29) is 17.9 Å². The Balaban J connectivity index is 1.80. The van der Waals surface area contributed by atoms with Crippen molar-refractivity contribution in [2.75, 3.05) is 13.1 Å². The van der Waals surface area contributed by atoms with Crippen molar-refractivity contribution in [1.29, 1.82) is 0 Å². The quantitative estimate of drug-likeness (QED) is 0.641. The van der Waals surface area contributed by atoms with Gasteiger partial charge in [0, 0.05) is 18.9 Å². The number of piperidine rings is 2. The molecule has 0 N–H and O–H groups in total. The normalized spacial score (nSPS) is 35.2. The minimum atomic E-state index is 0.0624. The van der Waals surface area contributed by atoms with Gasteiger partial charge in [0.1, 0.15) is 0 Å². The molecule has 0 saturated carbocycles. The Hall–Kier alpha value is -0.900. The van der Waals surface area contributed by atoms with Crippen molar-refractivity contribution in [3.8, 4) is 0 Å². The third-order valence-corrected chi connectivity index (χ3v) is 4.48. The Labute approximate surface area is 102 Å². The number of hydrogen-bond acceptors (Lipinski definition) is 3. The maximum absolute atomic E-state index is 11.8. The van der Waals surface area contributed by atoms with E-state index in [1.54, 1.807) is 4.90 Å². The zero-order chi connectivity index (χ0) is 11.8. The monoisotopic (exact) mass is 236 g/mol. The molecule has 4 nitrogen and oxygen atoms in total. The van der Waals surface area contributed by atoms with E-state index >= 15 is 0 Å². The molecule has 0 spiro atoms. The molecule has 2 atom stereocenters. The summed E-state index contributed by atoms with van der Waals surface area (Å²) in [6.45, 7) is 2.30. The van der Waals surface area contributed by atoms with Gasteiger partial charge >= 0.3 is 0 Å². The van der Waals surface area contributed by atoms with Crippen LogP contribution < -0.4 is 0 Å². The van der Waals surface area contributed by atoms with E-state index in [4.69, 9.17) is 0 Å². The van der Waals surface area contributed by atoms with Gasteiger partial charge in [0.05, 0.1) is 6.04 Å². The highest BCUT2D eigenvalue weighted by Crippen LogP contribution is 2.32. The van der Waals surface area contributed by atoms with Crippen LogP contribution in [0.1, 0.15) is 44.9 Å². The number of carbonyl (C=O) groups is 2. The summed E-state index contributed by atoms with van der Waals surface area (Å²) in [6, 6.07) is 0.620. The van der Waals surface area contributed by atoms with E-state index in [0.717, 1.165) is 32.4 Å². The number of hydrogen-bond donors (Lipinski definition) is 0. The summed E-state index contributed by atoms with van der Waals surface area (Å²) in [5, 5.41) is 0. The second kappa shape index (κ2) is 4.41. The Kier molecular flexibility index (Phi) is 2.90. The highest BCUT2D eigenvalue weighted by atomic mass is 16.2. The van der Waals surface area contributed by atoms with Crippen molar-refractivity contribution >= 4 is 11.8 Å². The number of likely N-dealkylation sites (tertiary alicyclic amines) is 1. The van der Waals surface area contributed by atoms with E-state index in [2.05, 4.69) is 4.90 Å².